The molecule has 1 aromatic rings. The van der Waals surface area contributed by atoms with Gasteiger partial charge in [-0.2, -0.15) is 0 Å². The molecule has 0 bridgehead atoms. The molecule has 0 aliphatic heterocycles. The molecule has 75 valence electrons. The second-order valence-corrected chi connectivity index (χ2v) is 3.91. The summed E-state index contributed by atoms with van der Waals surface area (Å²) in [6.07, 6.45) is 6.65. The summed E-state index contributed by atoms with van der Waals surface area (Å²) in [4.78, 5) is 0. The highest BCUT2D eigenvalue weighted by atomic mass is 16.5. The van der Waals surface area contributed by atoms with Crippen molar-refractivity contribution >= 4 is 0 Å². The van der Waals surface area contributed by atoms with E-state index in [0.29, 0.717) is 0 Å². The van der Waals surface area contributed by atoms with Crippen LogP contribution in [0.3, 0.4) is 0 Å². The molecule has 1 aromatic carbocycles. The van der Waals surface area contributed by atoms with E-state index in [0.717, 1.165) is 12.4 Å². The molecule has 0 heterocycles. The highest BCUT2D eigenvalue weighted by molar-refractivity contribution is 5.21. The number of hydrogen-bond donors (Lipinski definition) is 0. The quantitative estimate of drug-likeness (QED) is 0.706. The SMILES string of the molecule is [H+].c1ccc(OC[C]2CCCCC2)cc1. The summed E-state index contributed by atoms with van der Waals surface area (Å²) in [5, 5.41) is 0. The minimum atomic E-state index is 0. The van der Waals surface area contributed by atoms with Crippen LogP contribution in [0.25, 0.3) is 0 Å². The smallest absolute Gasteiger partial charge is 0.493 e. The molecule has 1 aliphatic carbocycles. The van der Waals surface area contributed by atoms with Gasteiger partial charge in [0.25, 0.3) is 0 Å². The van der Waals surface area contributed by atoms with Crippen LogP contribution in [0.1, 0.15) is 33.5 Å². The molecule has 1 fully saturated rings. The van der Waals surface area contributed by atoms with Crippen LogP contribution in [0.4, 0.5) is 0 Å². The third-order valence-electron chi connectivity index (χ3n) is 2.75. The van der Waals surface area contributed by atoms with Crippen LogP contribution in [0.2, 0.25) is 0 Å². The second-order valence-electron chi connectivity index (χ2n) is 3.91. The zero-order valence-electron chi connectivity index (χ0n) is 9.54. The summed E-state index contributed by atoms with van der Waals surface area (Å²) in [5.74, 6) is 2.57. The van der Waals surface area contributed by atoms with E-state index in [2.05, 4.69) is 0 Å². The Hall–Kier alpha value is -0.980. The molecule has 2 rings (SSSR count). The molecule has 0 spiro atoms. The molecule has 0 saturated heterocycles. The van der Waals surface area contributed by atoms with E-state index >= 15 is 0 Å². The van der Waals surface area contributed by atoms with Crippen molar-refractivity contribution in [3.05, 3.63) is 36.2 Å². The number of hydrogen-bond acceptors (Lipinski definition) is 1. The van der Waals surface area contributed by atoms with Gasteiger partial charge in [-0.15, -0.1) is 0 Å². The highest BCUT2D eigenvalue weighted by Gasteiger charge is 2.14. The predicted octanol–water partition coefficient (Wildman–Crippen LogP) is 3.72. The minimum Gasteiger partial charge on any atom is -0.493 e. The molecule has 1 radical (unpaired) electrons. The maximum absolute atomic E-state index is 5.71. The number of benzene rings is 1. The van der Waals surface area contributed by atoms with Gasteiger partial charge in [0.2, 0.25) is 0 Å². The van der Waals surface area contributed by atoms with Crippen molar-refractivity contribution in [2.45, 2.75) is 32.1 Å². The summed E-state index contributed by atoms with van der Waals surface area (Å²) in [7, 11) is 0. The van der Waals surface area contributed by atoms with Crippen LogP contribution in [0.5, 0.6) is 5.75 Å². The average molecular weight is 190 g/mol. The van der Waals surface area contributed by atoms with Gasteiger partial charge in [-0.3, -0.25) is 0 Å². The second kappa shape index (κ2) is 5.04. The molecule has 1 heteroatoms. The van der Waals surface area contributed by atoms with E-state index < -0.39 is 0 Å². The summed E-state index contributed by atoms with van der Waals surface area (Å²) < 4.78 is 5.71. The molecule has 1 nitrogen and oxygen atoms in total. The van der Waals surface area contributed by atoms with Gasteiger partial charge in [0.05, 0.1) is 6.61 Å². The Morgan fingerprint density at radius 3 is 2.43 bits per heavy atom. The fourth-order valence-corrected chi connectivity index (χ4v) is 1.90. The van der Waals surface area contributed by atoms with Crippen LogP contribution in [-0.4, -0.2) is 6.61 Å². The first-order chi connectivity index (χ1) is 6.95. The highest BCUT2D eigenvalue weighted by Crippen LogP contribution is 2.26. The van der Waals surface area contributed by atoms with Gasteiger partial charge < -0.3 is 4.74 Å². The lowest BCUT2D eigenvalue weighted by molar-refractivity contribution is 0.302. The van der Waals surface area contributed by atoms with Gasteiger partial charge >= 0.3 is 1.43 Å². The van der Waals surface area contributed by atoms with E-state index in [9.17, 15) is 0 Å². The van der Waals surface area contributed by atoms with Crippen LogP contribution in [0.15, 0.2) is 30.3 Å². The van der Waals surface area contributed by atoms with Crippen molar-refractivity contribution in [1.29, 1.82) is 0 Å². The molecule has 1 aliphatic rings. The normalized spacial score (nSPS) is 18.0. The Balaban J connectivity index is 0.00000112. The number of para-hydroxylation sites is 1. The van der Waals surface area contributed by atoms with Crippen molar-refractivity contribution in [1.82, 2.24) is 0 Å². The van der Waals surface area contributed by atoms with Crippen LogP contribution >= 0.6 is 0 Å². The van der Waals surface area contributed by atoms with Crippen LogP contribution in [0, 0.1) is 5.92 Å². The molecule has 0 unspecified atom stereocenters. The third-order valence-corrected chi connectivity index (χ3v) is 2.75. The molecule has 0 atom stereocenters. The van der Waals surface area contributed by atoms with Crippen molar-refractivity contribution in [3.8, 4) is 5.75 Å². The van der Waals surface area contributed by atoms with Crippen LogP contribution < -0.4 is 4.74 Å². The minimum absolute atomic E-state index is 0. The zero-order valence-corrected chi connectivity index (χ0v) is 8.54. The zero-order chi connectivity index (χ0) is 9.64. The lowest BCUT2D eigenvalue weighted by Crippen LogP contribution is -2.13. The summed E-state index contributed by atoms with van der Waals surface area (Å²) >= 11 is 0. The van der Waals surface area contributed by atoms with Crippen molar-refractivity contribution in [3.63, 3.8) is 0 Å². The van der Waals surface area contributed by atoms with Gasteiger partial charge in [0.15, 0.2) is 0 Å². The fourth-order valence-electron chi connectivity index (χ4n) is 1.90. The molecule has 1 saturated carbocycles. The first-order valence-corrected chi connectivity index (χ1v) is 5.46. The standard InChI is InChI=1S/C13H17O/c1-3-7-12(8-4-1)11-14-13-9-5-2-6-10-13/h2,5-6,9-10H,1,3-4,7-8,11H2/p+1. The Bertz CT molecular complexity index is 254. The molecule has 0 amide bonds. The number of ether oxygens (including phenoxy) is 1. The average Bonchev–Trinajstić information content (AvgIpc) is 2.29. The van der Waals surface area contributed by atoms with Gasteiger partial charge in [-0.25, -0.2) is 0 Å². The van der Waals surface area contributed by atoms with Gasteiger partial charge in [0.1, 0.15) is 5.75 Å². The Morgan fingerprint density at radius 2 is 1.71 bits per heavy atom. The lowest BCUT2D eigenvalue weighted by atomic mass is 9.90. The summed E-state index contributed by atoms with van der Waals surface area (Å²) in [6, 6.07) is 10.1. The monoisotopic (exact) mass is 190 g/mol. The van der Waals surface area contributed by atoms with Gasteiger partial charge in [-0.1, -0.05) is 37.5 Å². The fraction of sp³-hybridized carbons (Fsp3) is 0.462. The summed E-state index contributed by atoms with van der Waals surface area (Å²) in [5.41, 5.74) is 0. The maximum Gasteiger partial charge on any atom is 1.00 e. The third kappa shape index (κ3) is 2.76. The van der Waals surface area contributed by atoms with Crippen molar-refractivity contribution < 1.29 is 6.16 Å². The predicted molar refractivity (Wildman–Crippen MR) is 59.4 cm³/mol. The Labute approximate surface area is 87.6 Å². The first kappa shape index (κ1) is 9.57. The van der Waals surface area contributed by atoms with E-state index in [1.165, 1.54) is 32.1 Å². The topological polar surface area (TPSA) is 9.23 Å². The molecular formula is C13H18O+. The first-order valence-electron chi connectivity index (χ1n) is 5.46. The largest absolute Gasteiger partial charge is 1.00 e. The van der Waals surface area contributed by atoms with Gasteiger partial charge in [-0.05, 0) is 25.0 Å². The Morgan fingerprint density at radius 1 is 1.00 bits per heavy atom. The van der Waals surface area contributed by atoms with Crippen molar-refractivity contribution in [2.75, 3.05) is 6.61 Å². The lowest BCUT2D eigenvalue weighted by Gasteiger charge is -2.20. The molecule has 0 N–H and O–H groups in total. The van der Waals surface area contributed by atoms with E-state index in [1.807, 2.05) is 30.3 Å². The van der Waals surface area contributed by atoms with E-state index in [4.69, 9.17) is 4.74 Å². The van der Waals surface area contributed by atoms with Crippen molar-refractivity contribution in [2.24, 2.45) is 0 Å². The van der Waals surface area contributed by atoms with E-state index in [-0.39, 0.29) is 1.43 Å². The van der Waals surface area contributed by atoms with E-state index in [1.54, 1.807) is 5.92 Å². The van der Waals surface area contributed by atoms with Gasteiger partial charge in [0, 0.05) is 5.92 Å². The molecular weight excluding hydrogens is 172 g/mol. The molecule has 14 heavy (non-hydrogen) atoms. The van der Waals surface area contributed by atoms with Crippen LogP contribution in [-0.2, 0) is 0 Å². The Kier molecular flexibility index (Phi) is 3.44. The number of rotatable bonds is 3. The maximum atomic E-state index is 5.71. The summed E-state index contributed by atoms with van der Waals surface area (Å²) in [6.45, 7) is 0.823. The molecule has 0 aromatic heterocycles.